The van der Waals surface area contributed by atoms with E-state index in [1.807, 2.05) is 78.9 Å². The number of hydrogen-bond donors (Lipinski definition) is 0. The van der Waals surface area contributed by atoms with Crippen molar-refractivity contribution in [2.45, 2.75) is 0 Å². The first-order valence-electron chi connectivity index (χ1n) is 10.2. The van der Waals surface area contributed by atoms with Gasteiger partial charge in [-0.1, -0.05) is 72.8 Å². The molecule has 0 fully saturated rings. The van der Waals surface area contributed by atoms with Gasteiger partial charge in [-0.15, -0.1) is 0 Å². The molecule has 4 aromatic carbocycles. The molecule has 1 heterocycles. The molecule has 0 bridgehead atoms. The van der Waals surface area contributed by atoms with E-state index in [0.717, 1.165) is 33.3 Å². The first-order valence-corrected chi connectivity index (χ1v) is 11.3. The van der Waals surface area contributed by atoms with Gasteiger partial charge in [0.15, 0.2) is 0 Å². The highest BCUT2D eigenvalue weighted by molar-refractivity contribution is 14.1. The number of aromatic nitrogens is 1. The van der Waals surface area contributed by atoms with Crippen molar-refractivity contribution in [1.82, 2.24) is 4.98 Å². The molecule has 32 heavy (non-hydrogen) atoms. The van der Waals surface area contributed by atoms with Crippen LogP contribution in [-0.2, 0) is 0 Å². The lowest BCUT2D eigenvalue weighted by molar-refractivity contribution is 0.0737. The van der Waals surface area contributed by atoms with E-state index < -0.39 is 5.97 Å². The minimum absolute atomic E-state index is 0.400. The maximum absolute atomic E-state index is 13.2. The van der Waals surface area contributed by atoms with Crippen LogP contribution in [0.25, 0.3) is 33.3 Å². The van der Waals surface area contributed by atoms with E-state index >= 15 is 0 Å². The molecule has 0 saturated heterocycles. The summed E-state index contributed by atoms with van der Waals surface area (Å²) in [4.78, 5) is 17.9. The fraction of sp³-hybridized carbons (Fsp3) is 0. The molecule has 0 N–H and O–H groups in total. The normalized spacial score (nSPS) is 10.8. The number of nitrogens with zero attached hydrogens (tertiary/aromatic N) is 1. The van der Waals surface area contributed by atoms with Gasteiger partial charge in [0.25, 0.3) is 0 Å². The number of pyridine rings is 1. The molecule has 1 aromatic heterocycles. The second-order valence-electron chi connectivity index (χ2n) is 7.36. The zero-order chi connectivity index (χ0) is 21.9. The summed E-state index contributed by atoms with van der Waals surface area (Å²) in [5, 5.41) is 0.771. The second kappa shape index (κ2) is 8.93. The Morgan fingerprint density at radius 1 is 0.688 bits per heavy atom. The summed E-state index contributed by atoms with van der Waals surface area (Å²) in [5.74, 6) is 0.106. The maximum atomic E-state index is 13.2. The smallest absolute Gasteiger partial charge is 0.344 e. The Bertz CT molecular complexity index is 1400. The molecule has 0 atom stereocenters. The Hall–Kier alpha value is -3.51. The van der Waals surface area contributed by atoms with Crippen LogP contribution in [0.5, 0.6) is 5.75 Å². The minimum atomic E-state index is -0.400. The van der Waals surface area contributed by atoms with E-state index in [2.05, 4.69) is 46.9 Å². The number of esters is 1. The highest BCUT2D eigenvalue weighted by Gasteiger charge is 2.16. The predicted octanol–water partition coefficient (Wildman–Crippen LogP) is 7.39. The van der Waals surface area contributed by atoms with Gasteiger partial charge in [0.1, 0.15) is 5.75 Å². The molecule has 154 valence electrons. The average Bonchev–Trinajstić information content (AvgIpc) is 2.85. The van der Waals surface area contributed by atoms with Crippen LogP contribution in [0.2, 0.25) is 0 Å². The number of ether oxygens (including phenoxy) is 1. The Morgan fingerprint density at radius 3 is 2.03 bits per heavy atom. The highest BCUT2D eigenvalue weighted by Crippen LogP contribution is 2.27. The van der Waals surface area contributed by atoms with Crippen molar-refractivity contribution in [3.8, 4) is 28.1 Å². The number of halogens is 1. The van der Waals surface area contributed by atoms with Crippen LogP contribution < -0.4 is 4.74 Å². The Kier molecular flexibility index (Phi) is 5.69. The van der Waals surface area contributed by atoms with Crippen LogP contribution >= 0.6 is 22.6 Å². The lowest BCUT2D eigenvalue weighted by Crippen LogP contribution is -2.10. The number of benzene rings is 4. The molecule has 0 spiro atoms. The Balaban J connectivity index is 1.46. The fourth-order valence-electron chi connectivity index (χ4n) is 3.62. The van der Waals surface area contributed by atoms with Crippen molar-refractivity contribution in [3.05, 3.63) is 118 Å². The third-order valence-corrected chi connectivity index (χ3v) is 5.97. The van der Waals surface area contributed by atoms with Crippen molar-refractivity contribution in [3.63, 3.8) is 0 Å². The standard InChI is InChI=1S/C28H18INO2/c29-22-14-10-19(11-15-22)20-12-16-23(17-13-20)32-28(31)25-18-27(21-6-2-1-3-7-21)30-26-9-5-4-8-24(25)26/h1-18H. The van der Waals surface area contributed by atoms with E-state index in [4.69, 9.17) is 9.72 Å². The zero-order valence-electron chi connectivity index (χ0n) is 17.0. The molecule has 0 saturated carbocycles. The van der Waals surface area contributed by atoms with E-state index in [9.17, 15) is 4.79 Å². The molecule has 5 rings (SSSR count). The average molecular weight is 527 g/mol. The van der Waals surface area contributed by atoms with E-state index in [1.54, 1.807) is 6.07 Å². The number of fused-ring (bicyclic) bond motifs is 1. The molecule has 0 aliphatic rings. The van der Waals surface area contributed by atoms with Crippen LogP contribution in [0, 0.1) is 3.57 Å². The molecular formula is C28H18INO2. The molecule has 0 aliphatic heterocycles. The van der Waals surface area contributed by atoms with Gasteiger partial charge in [0, 0.05) is 14.5 Å². The molecule has 0 radical (unpaired) electrons. The SMILES string of the molecule is O=C(Oc1ccc(-c2ccc(I)cc2)cc1)c1cc(-c2ccccc2)nc2ccccc12. The molecule has 5 aromatic rings. The number of carbonyl (C=O) groups is 1. The van der Waals surface area contributed by atoms with Crippen LogP contribution in [0.4, 0.5) is 0 Å². The van der Waals surface area contributed by atoms with Crippen molar-refractivity contribution < 1.29 is 9.53 Å². The number of hydrogen-bond acceptors (Lipinski definition) is 3. The van der Waals surface area contributed by atoms with Gasteiger partial charge < -0.3 is 4.74 Å². The van der Waals surface area contributed by atoms with Crippen molar-refractivity contribution in [1.29, 1.82) is 0 Å². The molecule has 3 nitrogen and oxygen atoms in total. The summed E-state index contributed by atoms with van der Waals surface area (Å²) >= 11 is 2.29. The van der Waals surface area contributed by atoms with Crippen molar-refractivity contribution in [2.24, 2.45) is 0 Å². The topological polar surface area (TPSA) is 39.2 Å². The summed E-state index contributed by atoms with van der Waals surface area (Å²) in [6, 6.07) is 35.2. The second-order valence-corrected chi connectivity index (χ2v) is 8.60. The molecular weight excluding hydrogens is 509 g/mol. The fourth-order valence-corrected chi connectivity index (χ4v) is 3.98. The number of para-hydroxylation sites is 1. The zero-order valence-corrected chi connectivity index (χ0v) is 19.2. The summed E-state index contributed by atoms with van der Waals surface area (Å²) in [6.07, 6.45) is 0. The molecule has 4 heteroatoms. The number of carbonyl (C=O) groups excluding carboxylic acids is 1. The van der Waals surface area contributed by atoms with Crippen LogP contribution in [-0.4, -0.2) is 11.0 Å². The first-order chi connectivity index (χ1) is 15.7. The van der Waals surface area contributed by atoms with Gasteiger partial charge >= 0.3 is 5.97 Å². The molecule has 0 unspecified atom stereocenters. The summed E-state index contributed by atoms with van der Waals surface area (Å²) in [6.45, 7) is 0. The highest BCUT2D eigenvalue weighted by atomic mass is 127. The third-order valence-electron chi connectivity index (χ3n) is 5.25. The number of rotatable bonds is 4. The third kappa shape index (κ3) is 4.27. The van der Waals surface area contributed by atoms with E-state index in [1.165, 1.54) is 3.57 Å². The summed E-state index contributed by atoms with van der Waals surface area (Å²) < 4.78 is 6.93. The molecule has 0 amide bonds. The van der Waals surface area contributed by atoms with Gasteiger partial charge in [-0.2, -0.15) is 0 Å². The van der Waals surface area contributed by atoms with Gasteiger partial charge in [0.05, 0.1) is 16.8 Å². The molecule has 0 aliphatic carbocycles. The van der Waals surface area contributed by atoms with Crippen molar-refractivity contribution >= 4 is 39.5 Å². The van der Waals surface area contributed by atoms with Gasteiger partial charge in [-0.05, 0) is 70.1 Å². The van der Waals surface area contributed by atoms with E-state index in [-0.39, 0.29) is 0 Å². The quantitative estimate of drug-likeness (QED) is 0.139. The van der Waals surface area contributed by atoms with E-state index in [0.29, 0.717) is 11.3 Å². The van der Waals surface area contributed by atoms with Crippen LogP contribution in [0.3, 0.4) is 0 Å². The van der Waals surface area contributed by atoms with Crippen LogP contribution in [0.1, 0.15) is 10.4 Å². The first kappa shape index (κ1) is 20.4. The van der Waals surface area contributed by atoms with Crippen molar-refractivity contribution in [2.75, 3.05) is 0 Å². The predicted molar refractivity (Wildman–Crippen MR) is 137 cm³/mol. The van der Waals surface area contributed by atoms with Gasteiger partial charge in [-0.3, -0.25) is 0 Å². The largest absolute Gasteiger partial charge is 0.423 e. The van der Waals surface area contributed by atoms with Gasteiger partial charge in [0.2, 0.25) is 0 Å². The Labute approximate surface area is 199 Å². The Morgan fingerprint density at radius 2 is 1.31 bits per heavy atom. The van der Waals surface area contributed by atoms with Crippen LogP contribution in [0.15, 0.2) is 109 Å². The lowest BCUT2D eigenvalue weighted by atomic mass is 10.0. The maximum Gasteiger partial charge on any atom is 0.344 e. The summed E-state index contributed by atoms with van der Waals surface area (Å²) in [7, 11) is 0. The van der Waals surface area contributed by atoms with Gasteiger partial charge in [-0.25, -0.2) is 9.78 Å². The monoisotopic (exact) mass is 527 g/mol. The minimum Gasteiger partial charge on any atom is -0.423 e. The lowest BCUT2D eigenvalue weighted by Gasteiger charge is -2.10. The summed E-state index contributed by atoms with van der Waals surface area (Å²) in [5.41, 5.74) is 5.14.